The van der Waals surface area contributed by atoms with Gasteiger partial charge in [-0.2, -0.15) is 0 Å². The number of ether oxygens (including phenoxy) is 1. The molecule has 0 aliphatic carbocycles. The molecule has 0 radical (unpaired) electrons. The number of nitrogens with zero attached hydrogens (tertiary/aromatic N) is 1. The second kappa shape index (κ2) is 9.34. The molecule has 0 bridgehead atoms. The molecule has 1 aromatic rings. The molecule has 1 rings (SSSR count). The standard InChI is InChI=1S/C15H25N3O2/c1-16-9-5-8-15(19)17-13-6-4-7-14(12-13)20-11-10-18(2)3/h4,6-7,12,16H,5,8-11H2,1-3H3,(H,17,19). The van der Waals surface area contributed by atoms with E-state index in [1.807, 2.05) is 45.4 Å². The molecule has 0 atom stereocenters. The molecule has 0 aliphatic rings. The third-order valence-corrected chi connectivity index (χ3v) is 2.76. The molecule has 0 saturated heterocycles. The summed E-state index contributed by atoms with van der Waals surface area (Å²) < 4.78 is 5.63. The third kappa shape index (κ3) is 7.11. The Morgan fingerprint density at radius 1 is 1.35 bits per heavy atom. The Bertz CT molecular complexity index is 408. The topological polar surface area (TPSA) is 53.6 Å². The lowest BCUT2D eigenvalue weighted by atomic mass is 10.2. The molecular weight excluding hydrogens is 254 g/mol. The molecule has 0 spiro atoms. The predicted octanol–water partition coefficient (Wildman–Crippen LogP) is 1.57. The van der Waals surface area contributed by atoms with Crippen LogP contribution in [0.1, 0.15) is 12.8 Å². The quantitative estimate of drug-likeness (QED) is 0.674. The lowest BCUT2D eigenvalue weighted by Gasteiger charge is -2.12. The summed E-state index contributed by atoms with van der Waals surface area (Å²) in [6, 6.07) is 7.50. The van der Waals surface area contributed by atoms with Crippen molar-refractivity contribution in [3.63, 3.8) is 0 Å². The number of amides is 1. The number of anilines is 1. The highest BCUT2D eigenvalue weighted by Gasteiger charge is 2.03. The summed E-state index contributed by atoms with van der Waals surface area (Å²) in [5, 5.41) is 5.91. The summed E-state index contributed by atoms with van der Waals surface area (Å²) in [6.07, 6.45) is 1.36. The van der Waals surface area contributed by atoms with E-state index < -0.39 is 0 Å². The van der Waals surface area contributed by atoms with Crippen LogP contribution in [-0.4, -0.2) is 51.6 Å². The fourth-order valence-corrected chi connectivity index (χ4v) is 1.66. The molecule has 0 saturated carbocycles. The molecule has 5 heteroatoms. The molecular formula is C15H25N3O2. The summed E-state index contributed by atoms with van der Waals surface area (Å²) in [5.41, 5.74) is 0.779. The van der Waals surface area contributed by atoms with E-state index in [-0.39, 0.29) is 5.91 Å². The maximum absolute atomic E-state index is 11.7. The average Bonchev–Trinajstić information content (AvgIpc) is 2.39. The van der Waals surface area contributed by atoms with E-state index in [0.717, 1.165) is 30.9 Å². The van der Waals surface area contributed by atoms with Gasteiger partial charge < -0.3 is 20.3 Å². The zero-order valence-corrected chi connectivity index (χ0v) is 12.6. The Hall–Kier alpha value is -1.59. The zero-order valence-electron chi connectivity index (χ0n) is 12.6. The van der Waals surface area contributed by atoms with E-state index >= 15 is 0 Å². The summed E-state index contributed by atoms with van der Waals surface area (Å²) in [7, 11) is 5.89. The van der Waals surface area contributed by atoms with Crippen molar-refractivity contribution < 1.29 is 9.53 Å². The number of likely N-dealkylation sites (N-methyl/N-ethyl adjacent to an activating group) is 1. The van der Waals surface area contributed by atoms with Crippen LogP contribution in [0.25, 0.3) is 0 Å². The molecule has 20 heavy (non-hydrogen) atoms. The second-order valence-corrected chi connectivity index (χ2v) is 4.93. The van der Waals surface area contributed by atoms with Gasteiger partial charge in [0.15, 0.2) is 0 Å². The van der Waals surface area contributed by atoms with Crippen LogP contribution in [0.2, 0.25) is 0 Å². The average molecular weight is 279 g/mol. The van der Waals surface area contributed by atoms with Crippen LogP contribution in [0.3, 0.4) is 0 Å². The first-order chi connectivity index (χ1) is 9.61. The van der Waals surface area contributed by atoms with Crippen LogP contribution in [0.15, 0.2) is 24.3 Å². The van der Waals surface area contributed by atoms with Crippen molar-refractivity contribution in [3.05, 3.63) is 24.3 Å². The lowest BCUT2D eigenvalue weighted by molar-refractivity contribution is -0.116. The summed E-state index contributed by atoms with van der Waals surface area (Å²) in [4.78, 5) is 13.8. The van der Waals surface area contributed by atoms with Crippen LogP contribution < -0.4 is 15.4 Å². The van der Waals surface area contributed by atoms with E-state index in [1.165, 1.54) is 0 Å². The van der Waals surface area contributed by atoms with E-state index in [1.54, 1.807) is 0 Å². The van der Waals surface area contributed by atoms with Gasteiger partial charge in [0, 0.05) is 24.7 Å². The first-order valence-electron chi connectivity index (χ1n) is 6.94. The van der Waals surface area contributed by atoms with Crippen molar-refractivity contribution in [2.24, 2.45) is 0 Å². The fourth-order valence-electron chi connectivity index (χ4n) is 1.66. The molecule has 1 amide bonds. The van der Waals surface area contributed by atoms with Gasteiger partial charge >= 0.3 is 0 Å². The Morgan fingerprint density at radius 3 is 2.85 bits per heavy atom. The lowest BCUT2D eigenvalue weighted by Crippen LogP contribution is -2.19. The summed E-state index contributed by atoms with van der Waals surface area (Å²) in [5.74, 6) is 0.811. The highest BCUT2D eigenvalue weighted by atomic mass is 16.5. The van der Waals surface area contributed by atoms with Gasteiger partial charge in [-0.3, -0.25) is 4.79 Å². The Labute approximate surface area is 121 Å². The monoisotopic (exact) mass is 279 g/mol. The zero-order chi connectivity index (χ0) is 14.8. The van der Waals surface area contributed by atoms with Crippen LogP contribution in [-0.2, 0) is 4.79 Å². The smallest absolute Gasteiger partial charge is 0.224 e. The number of rotatable bonds is 9. The SMILES string of the molecule is CNCCCC(=O)Nc1cccc(OCCN(C)C)c1. The molecule has 0 aromatic heterocycles. The van der Waals surface area contributed by atoms with Gasteiger partial charge in [-0.1, -0.05) is 6.07 Å². The normalized spacial score (nSPS) is 10.6. The molecule has 112 valence electrons. The van der Waals surface area contributed by atoms with Gasteiger partial charge in [0.25, 0.3) is 0 Å². The minimum Gasteiger partial charge on any atom is -0.492 e. The number of hydrogen-bond acceptors (Lipinski definition) is 4. The van der Waals surface area contributed by atoms with Crippen LogP contribution in [0.5, 0.6) is 5.75 Å². The molecule has 2 N–H and O–H groups in total. The highest BCUT2D eigenvalue weighted by molar-refractivity contribution is 5.90. The number of nitrogens with one attached hydrogen (secondary N) is 2. The Morgan fingerprint density at radius 2 is 2.15 bits per heavy atom. The molecule has 0 fully saturated rings. The first-order valence-corrected chi connectivity index (χ1v) is 6.94. The molecule has 0 aliphatic heterocycles. The summed E-state index contributed by atoms with van der Waals surface area (Å²) >= 11 is 0. The second-order valence-electron chi connectivity index (χ2n) is 4.93. The maximum atomic E-state index is 11.7. The highest BCUT2D eigenvalue weighted by Crippen LogP contribution is 2.17. The van der Waals surface area contributed by atoms with Crippen molar-refractivity contribution in [3.8, 4) is 5.75 Å². The largest absolute Gasteiger partial charge is 0.492 e. The van der Waals surface area contributed by atoms with Gasteiger partial charge in [-0.15, -0.1) is 0 Å². The van der Waals surface area contributed by atoms with E-state index in [0.29, 0.717) is 13.0 Å². The van der Waals surface area contributed by atoms with E-state index in [9.17, 15) is 4.79 Å². The van der Waals surface area contributed by atoms with Crippen molar-refractivity contribution in [1.29, 1.82) is 0 Å². The summed E-state index contributed by atoms with van der Waals surface area (Å²) in [6.45, 7) is 2.34. The van der Waals surface area contributed by atoms with Gasteiger partial charge in [-0.05, 0) is 46.2 Å². The molecule has 5 nitrogen and oxygen atoms in total. The van der Waals surface area contributed by atoms with Gasteiger partial charge in [0.05, 0.1) is 0 Å². The van der Waals surface area contributed by atoms with E-state index in [2.05, 4.69) is 15.5 Å². The van der Waals surface area contributed by atoms with Crippen molar-refractivity contribution >= 4 is 11.6 Å². The fraction of sp³-hybridized carbons (Fsp3) is 0.533. The Balaban J connectivity index is 2.40. The minimum absolute atomic E-state index is 0.0330. The van der Waals surface area contributed by atoms with Gasteiger partial charge in [0.2, 0.25) is 5.91 Å². The van der Waals surface area contributed by atoms with Crippen molar-refractivity contribution in [2.75, 3.05) is 46.2 Å². The number of hydrogen-bond donors (Lipinski definition) is 2. The molecule has 0 unspecified atom stereocenters. The Kier molecular flexibility index (Phi) is 7.69. The van der Waals surface area contributed by atoms with Crippen LogP contribution in [0.4, 0.5) is 5.69 Å². The predicted molar refractivity (Wildman–Crippen MR) is 82.3 cm³/mol. The first kappa shape index (κ1) is 16.5. The van der Waals surface area contributed by atoms with Gasteiger partial charge in [-0.25, -0.2) is 0 Å². The maximum Gasteiger partial charge on any atom is 0.224 e. The number of benzene rings is 1. The van der Waals surface area contributed by atoms with E-state index in [4.69, 9.17) is 4.74 Å². The third-order valence-electron chi connectivity index (χ3n) is 2.76. The van der Waals surface area contributed by atoms with Crippen molar-refractivity contribution in [2.45, 2.75) is 12.8 Å². The van der Waals surface area contributed by atoms with Crippen molar-refractivity contribution in [1.82, 2.24) is 10.2 Å². The van der Waals surface area contributed by atoms with Crippen LogP contribution >= 0.6 is 0 Å². The molecule has 0 heterocycles. The number of carbonyl (C=O) groups is 1. The van der Waals surface area contributed by atoms with Gasteiger partial charge in [0.1, 0.15) is 12.4 Å². The van der Waals surface area contributed by atoms with Crippen LogP contribution in [0, 0.1) is 0 Å². The minimum atomic E-state index is 0.0330. The molecule has 1 aromatic carbocycles. The number of carbonyl (C=O) groups excluding carboxylic acids is 1.